The summed E-state index contributed by atoms with van der Waals surface area (Å²) in [5, 5.41) is 1.82. The van der Waals surface area contributed by atoms with Crippen molar-refractivity contribution in [1.29, 1.82) is 0 Å². The summed E-state index contributed by atoms with van der Waals surface area (Å²) in [6, 6.07) is 0. The van der Waals surface area contributed by atoms with Crippen LogP contribution in [-0.4, -0.2) is 31.9 Å². The zero-order chi connectivity index (χ0) is 6.41. The van der Waals surface area contributed by atoms with Gasteiger partial charge in [-0.3, -0.25) is 10.4 Å². The van der Waals surface area contributed by atoms with Crippen molar-refractivity contribution >= 4 is 6.29 Å². The SMILES string of the molecule is CN(C)NCCC=O. The second-order valence-corrected chi connectivity index (χ2v) is 1.76. The molecule has 0 aliphatic rings. The Bertz CT molecular complexity index is 63.4. The van der Waals surface area contributed by atoms with Crippen LogP contribution in [0.3, 0.4) is 0 Å². The molecule has 3 nitrogen and oxygen atoms in total. The van der Waals surface area contributed by atoms with Gasteiger partial charge in [0.15, 0.2) is 0 Å². The van der Waals surface area contributed by atoms with Gasteiger partial charge in [-0.25, -0.2) is 0 Å². The van der Waals surface area contributed by atoms with Crippen LogP contribution in [0.25, 0.3) is 0 Å². The Morgan fingerprint density at radius 2 is 2.25 bits per heavy atom. The first kappa shape index (κ1) is 7.59. The lowest BCUT2D eigenvalue weighted by molar-refractivity contribution is -0.107. The molecule has 1 N–H and O–H groups in total. The number of aldehydes is 1. The van der Waals surface area contributed by atoms with Gasteiger partial charge in [-0.15, -0.1) is 0 Å². The molecule has 0 rings (SSSR count). The quantitative estimate of drug-likeness (QED) is 0.309. The molecule has 0 aliphatic heterocycles. The Morgan fingerprint density at radius 3 is 2.62 bits per heavy atom. The van der Waals surface area contributed by atoms with Crippen molar-refractivity contribution in [2.45, 2.75) is 6.42 Å². The predicted octanol–water partition coefficient (Wildman–Crippen LogP) is -0.358. The average Bonchev–Trinajstić information content (AvgIpc) is 1.66. The molecule has 48 valence electrons. The number of nitrogens with one attached hydrogen (secondary N) is 1. The number of hydrazine groups is 1. The summed E-state index contributed by atoms with van der Waals surface area (Å²) in [4.78, 5) is 9.73. The van der Waals surface area contributed by atoms with Crippen molar-refractivity contribution in [2.24, 2.45) is 0 Å². The van der Waals surface area contributed by atoms with Gasteiger partial charge in [0.2, 0.25) is 0 Å². The van der Waals surface area contributed by atoms with E-state index < -0.39 is 0 Å². The van der Waals surface area contributed by atoms with Gasteiger partial charge in [-0.1, -0.05) is 0 Å². The summed E-state index contributed by atoms with van der Waals surface area (Å²) >= 11 is 0. The molecular formula is C5H12N2O. The minimum Gasteiger partial charge on any atom is -0.303 e. The summed E-state index contributed by atoms with van der Waals surface area (Å²) < 4.78 is 0. The Balaban J connectivity index is 2.81. The molecule has 0 fully saturated rings. The molecule has 0 aliphatic carbocycles. The molecule has 0 heterocycles. The Hall–Kier alpha value is -0.410. The van der Waals surface area contributed by atoms with E-state index in [0.717, 1.165) is 12.8 Å². The van der Waals surface area contributed by atoms with Gasteiger partial charge in [0.1, 0.15) is 6.29 Å². The van der Waals surface area contributed by atoms with Gasteiger partial charge in [-0.2, -0.15) is 0 Å². The van der Waals surface area contributed by atoms with Crippen LogP contribution in [-0.2, 0) is 4.79 Å². The van der Waals surface area contributed by atoms with Gasteiger partial charge >= 0.3 is 0 Å². The van der Waals surface area contributed by atoms with E-state index in [-0.39, 0.29) is 0 Å². The smallest absolute Gasteiger partial charge is 0.121 e. The summed E-state index contributed by atoms with van der Waals surface area (Å²) in [7, 11) is 3.79. The summed E-state index contributed by atoms with van der Waals surface area (Å²) in [6.45, 7) is 0.733. The lowest BCUT2D eigenvalue weighted by Crippen LogP contribution is -2.31. The predicted molar refractivity (Wildman–Crippen MR) is 32.4 cm³/mol. The Labute approximate surface area is 49.6 Å². The van der Waals surface area contributed by atoms with Crippen molar-refractivity contribution in [3.05, 3.63) is 0 Å². The van der Waals surface area contributed by atoms with Crippen molar-refractivity contribution in [3.8, 4) is 0 Å². The highest BCUT2D eigenvalue weighted by Gasteiger charge is 1.83. The first-order valence-corrected chi connectivity index (χ1v) is 2.62. The van der Waals surface area contributed by atoms with Gasteiger partial charge in [0.05, 0.1) is 0 Å². The van der Waals surface area contributed by atoms with Crippen molar-refractivity contribution in [3.63, 3.8) is 0 Å². The van der Waals surface area contributed by atoms with Crippen molar-refractivity contribution in [2.75, 3.05) is 20.6 Å². The van der Waals surface area contributed by atoms with E-state index in [1.165, 1.54) is 0 Å². The monoisotopic (exact) mass is 116 g/mol. The number of rotatable bonds is 4. The van der Waals surface area contributed by atoms with Gasteiger partial charge in [0, 0.05) is 27.1 Å². The fourth-order valence-electron chi connectivity index (χ4n) is 0.347. The van der Waals surface area contributed by atoms with E-state index in [1.807, 2.05) is 19.1 Å². The van der Waals surface area contributed by atoms with Crippen LogP contribution in [0.5, 0.6) is 0 Å². The largest absolute Gasteiger partial charge is 0.303 e. The molecule has 0 spiro atoms. The first-order chi connectivity index (χ1) is 3.77. The van der Waals surface area contributed by atoms with Gasteiger partial charge < -0.3 is 4.79 Å². The van der Waals surface area contributed by atoms with Crippen LogP contribution >= 0.6 is 0 Å². The molecule has 0 aromatic carbocycles. The summed E-state index contributed by atoms with van der Waals surface area (Å²) in [6.07, 6.45) is 1.48. The lowest BCUT2D eigenvalue weighted by atomic mass is 10.5. The van der Waals surface area contributed by atoms with Gasteiger partial charge in [0.25, 0.3) is 0 Å². The molecule has 0 aromatic heterocycles. The molecule has 0 amide bonds. The molecular weight excluding hydrogens is 104 g/mol. The van der Waals surface area contributed by atoms with Crippen LogP contribution in [0.15, 0.2) is 0 Å². The topological polar surface area (TPSA) is 32.3 Å². The Morgan fingerprint density at radius 1 is 1.62 bits per heavy atom. The van der Waals surface area contributed by atoms with Crippen molar-refractivity contribution < 1.29 is 4.79 Å². The second-order valence-electron chi connectivity index (χ2n) is 1.76. The van der Waals surface area contributed by atoms with Crippen LogP contribution < -0.4 is 5.43 Å². The number of carbonyl (C=O) groups excluding carboxylic acids is 1. The number of carbonyl (C=O) groups is 1. The first-order valence-electron chi connectivity index (χ1n) is 2.62. The molecule has 0 saturated heterocycles. The average molecular weight is 116 g/mol. The normalized spacial score (nSPS) is 9.88. The Kier molecular flexibility index (Phi) is 4.50. The molecule has 0 atom stereocenters. The number of hydrogen-bond donors (Lipinski definition) is 1. The maximum Gasteiger partial charge on any atom is 0.121 e. The van der Waals surface area contributed by atoms with Gasteiger partial charge in [-0.05, 0) is 0 Å². The fourth-order valence-corrected chi connectivity index (χ4v) is 0.347. The van der Waals surface area contributed by atoms with E-state index >= 15 is 0 Å². The van der Waals surface area contributed by atoms with Crippen LogP contribution in [0.2, 0.25) is 0 Å². The van der Waals surface area contributed by atoms with E-state index in [9.17, 15) is 4.79 Å². The molecule has 0 unspecified atom stereocenters. The number of hydrogen-bond acceptors (Lipinski definition) is 3. The fraction of sp³-hybridized carbons (Fsp3) is 0.800. The summed E-state index contributed by atoms with van der Waals surface area (Å²) in [5.41, 5.74) is 2.95. The highest BCUT2D eigenvalue weighted by atomic mass is 16.1. The minimum absolute atomic E-state index is 0.582. The molecule has 8 heavy (non-hydrogen) atoms. The number of nitrogens with zero attached hydrogens (tertiary/aromatic N) is 1. The van der Waals surface area contributed by atoms with E-state index in [2.05, 4.69) is 5.43 Å². The summed E-state index contributed by atoms with van der Waals surface area (Å²) in [5.74, 6) is 0. The van der Waals surface area contributed by atoms with Crippen LogP contribution in [0.1, 0.15) is 6.42 Å². The third-order valence-corrected chi connectivity index (χ3v) is 0.690. The van der Waals surface area contributed by atoms with Crippen molar-refractivity contribution in [1.82, 2.24) is 10.4 Å². The molecule has 0 saturated carbocycles. The second kappa shape index (κ2) is 4.74. The highest BCUT2D eigenvalue weighted by Crippen LogP contribution is 1.67. The molecule has 0 aromatic rings. The lowest BCUT2D eigenvalue weighted by Gasteiger charge is -2.08. The van der Waals surface area contributed by atoms with Crippen LogP contribution in [0, 0.1) is 0 Å². The third-order valence-electron chi connectivity index (χ3n) is 0.690. The molecule has 0 radical (unpaired) electrons. The minimum atomic E-state index is 0.582. The zero-order valence-corrected chi connectivity index (χ0v) is 5.35. The van der Waals surface area contributed by atoms with E-state index in [1.54, 1.807) is 0 Å². The van der Waals surface area contributed by atoms with E-state index in [0.29, 0.717) is 6.42 Å². The standard InChI is InChI=1S/C5H12N2O/c1-7(2)6-4-3-5-8/h5-6H,3-4H2,1-2H3. The zero-order valence-electron chi connectivity index (χ0n) is 5.35. The van der Waals surface area contributed by atoms with E-state index in [4.69, 9.17) is 0 Å². The maximum absolute atomic E-state index is 9.73. The third kappa shape index (κ3) is 5.59. The van der Waals surface area contributed by atoms with Crippen LogP contribution in [0.4, 0.5) is 0 Å². The molecule has 0 bridgehead atoms. The maximum atomic E-state index is 9.73. The highest BCUT2D eigenvalue weighted by molar-refractivity contribution is 5.49. The molecule has 3 heteroatoms.